The number of aliphatic imine (C=N–C) groups is 1. The molecule has 0 spiro atoms. The minimum absolute atomic E-state index is 0.439. The third kappa shape index (κ3) is 5.35. The van der Waals surface area contributed by atoms with Crippen LogP contribution in [-0.2, 0) is 6.54 Å². The molecule has 0 atom stereocenters. The maximum absolute atomic E-state index is 5.86. The lowest BCUT2D eigenvalue weighted by atomic mass is 10.1. The Bertz CT molecular complexity index is 476. The summed E-state index contributed by atoms with van der Waals surface area (Å²) in [5.41, 5.74) is 6.79. The zero-order chi connectivity index (χ0) is 16.5. The molecule has 1 rings (SSSR count). The van der Waals surface area contributed by atoms with Gasteiger partial charge < -0.3 is 25.3 Å². The van der Waals surface area contributed by atoms with Gasteiger partial charge in [-0.1, -0.05) is 13.8 Å². The number of ether oxygens (including phenoxy) is 3. The number of guanidine groups is 1. The van der Waals surface area contributed by atoms with Crippen molar-refractivity contribution in [2.45, 2.75) is 26.8 Å². The van der Waals surface area contributed by atoms with Crippen molar-refractivity contribution in [2.24, 2.45) is 16.6 Å². The molecule has 0 aliphatic heterocycles. The first-order valence-electron chi connectivity index (χ1n) is 7.34. The van der Waals surface area contributed by atoms with E-state index in [2.05, 4.69) is 24.2 Å². The fourth-order valence-electron chi connectivity index (χ4n) is 1.95. The van der Waals surface area contributed by atoms with E-state index in [1.54, 1.807) is 21.3 Å². The van der Waals surface area contributed by atoms with Crippen molar-refractivity contribution in [3.63, 3.8) is 0 Å². The number of hydrogen-bond donors (Lipinski definition) is 2. The zero-order valence-corrected chi connectivity index (χ0v) is 14.1. The molecule has 0 unspecified atom stereocenters. The fourth-order valence-corrected chi connectivity index (χ4v) is 1.95. The summed E-state index contributed by atoms with van der Waals surface area (Å²) >= 11 is 0. The molecule has 0 aliphatic carbocycles. The van der Waals surface area contributed by atoms with Gasteiger partial charge in [-0.2, -0.15) is 0 Å². The van der Waals surface area contributed by atoms with E-state index in [9.17, 15) is 0 Å². The molecular formula is C16H27N3O3. The number of nitrogens with two attached hydrogens (primary N) is 1. The first kappa shape index (κ1) is 17.9. The van der Waals surface area contributed by atoms with Gasteiger partial charge in [0, 0.05) is 6.54 Å². The minimum atomic E-state index is 0.439. The predicted molar refractivity (Wildman–Crippen MR) is 88.9 cm³/mol. The standard InChI is InChI=1S/C16H27N3O3/c1-11(2)6-7-18-16(17)19-10-12-8-13(20-3)15(22-5)14(9-12)21-4/h8-9,11H,6-7,10H2,1-5H3,(H3,17,18,19). The van der Waals surface area contributed by atoms with E-state index in [-0.39, 0.29) is 0 Å². The van der Waals surface area contributed by atoms with Gasteiger partial charge in [-0.15, -0.1) is 0 Å². The van der Waals surface area contributed by atoms with Gasteiger partial charge in [0.15, 0.2) is 17.5 Å². The monoisotopic (exact) mass is 309 g/mol. The molecule has 3 N–H and O–H groups in total. The quantitative estimate of drug-likeness (QED) is 0.568. The Labute approximate surface area is 132 Å². The molecule has 0 amide bonds. The normalized spacial score (nSPS) is 11.5. The van der Waals surface area contributed by atoms with Gasteiger partial charge in [0.2, 0.25) is 5.75 Å². The third-order valence-electron chi connectivity index (χ3n) is 3.18. The Morgan fingerprint density at radius 3 is 2.18 bits per heavy atom. The highest BCUT2D eigenvalue weighted by atomic mass is 16.5. The number of nitrogens with zero attached hydrogens (tertiary/aromatic N) is 1. The zero-order valence-electron chi connectivity index (χ0n) is 14.1. The van der Waals surface area contributed by atoms with Crippen LogP contribution in [0.3, 0.4) is 0 Å². The Balaban J connectivity index is 2.76. The topological polar surface area (TPSA) is 78.1 Å². The summed E-state index contributed by atoms with van der Waals surface area (Å²) in [6.07, 6.45) is 1.06. The summed E-state index contributed by atoms with van der Waals surface area (Å²) in [6.45, 7) is 5.61. The van der Waals surface area contributed by atoms with E-state index in [1.165, 1.54) is 0 Å². The first-order chi connectivity index (χ1) is 10.5. The van der Waals surface area contributed by atoms with Crippen molar-refractivity contribution in [2.75, 3.05) is 27.9 Å². The van der Waals surface area contributed by atoms with Crippen molar-refractivity contribution in [3.05, 3.63) is 17.7 Å². The largest absolute Gasteiger partial charge is 0.493 e. The van der Waals surface area contributed by atoms with Gasteiger partial charge in [0.1, 0.15) is 0 Å². The van der Waals surface area contributed by atoms with Crippen LogP contribution in [-0.4, -0.2) is 33.8 Å². The van der Waals surface area contributed by atoms with E-state index in [0.29, 0.717) is 35.7 Å². The third-order valence-corrected chi connectivity index (χ3v) is 3.18. The van der Waals surface area contributed by atoms with Crippen LogP contribution in [0.25, 0.3) is 0 Å². The molecule has 0 saturated heterocycles. The minimum Gasteiger partial charge on any atom is -0.493 e. The van der Waals surface area contributed by atoms with Crippen LogP contribution < -0.4 is 25.3 Å². The summed E-state index contributed by atoms with van der Waals surface area (Å²) in [5, 5.41) is 3.10. The summed E-state index contributed by atoms with van der Waals surface area (Å²) in [7, 11) is 4.76. The highest BCUT2D eigenvalue weighted by Crippen LogP contribution is 2.38. The number of methoxy groups -OCH3 is 3. The molecule has 6 nitrogen and oxygen atoms in total. The summed E-state index contributed by atoms with van der Waals surface area (Å²) in [5.74, 6) is 2.86. The Morgan fingerprint density at radius 2 is 1.73 bits per heavy atom. The molecule has 6 heteroatoms. The van der Waals surface area contributed by atoms with Crippen molar-refractivity contribution in [3.8, 4) is 17.2 Å². The molecule has 0 aliphatic rings. The predicted octanol–water partition coefficient (Wildman–Crippen LogP) is 2.16. The maximum Gasteiger partial charge on any atom is 0.203 e. The Kier molecular flexibility index (Phi) is 7.36. The number of benzene rings is 1. The van der Waals surface area contributed by atoms with E-state index < -0.39 is 0 Å². The maximum atomic E-state index is 5.86. The molecule has 0 fully saturated rings. The van der Waals surface area contributed by atoms with Gasteiger partial charge in [-0.25, -0.2) is 4.99 Å². The summed E-state index contributed by atoms with van der Waals surface area (Å²) in [6, 6.07) is 3.73. The second-order valence-corrected chi connectivity index (χ2v) is 5.34. The van der Waals surface area contributed by atoms with Crippen LogP contribution in [0.4, 0.5) is 0 Å². The van der Waals surface area contributed by atoms with E-state index in [0.717, 1.165) is 18.5 Å². The average molecular weight is 309 g/mol. The van der Waals surface area contributed by atoms with Gasteiger partial charge in [-0.05, 0) is 30.0 Å². The lowest BCUT2D eigenvalue weighted by molar-refractivity contribution is 0.324. The SMILES string of the molecule is COc1cc(CN=C(N)NCCC(C)C)cc(OC)c1OC. The van der Waals surface area contributed by atoms with Crippen molar-refractivity contribution in [1.82, 2.24) is 5.32 Å². The molecule has 0 saturated carbocycles. The molecule has 0 bridgehead atoms. The lowest BCUT2D eigenvalue weighted by Gasteiger charge is -2.13. The van der Waals surface area contributed by atoms with Crippen LogP contribution in [0, 0.1) is 5.92 Å². The molecule has 1 aromatic carbocycles. The smallest absolute Gasteiger partial charge is 0.203 e. The lowest BCUT2D eigenvalue weighted by Crippen LogP contribution is -2.32. The van der Waals surface area contributed by atoms with Crippen molar-refractivity contribution >= 4 is 5.96 Å². The molecular weight excluding hydrogens is 282 g/mol. The molecule has 0 radical (unpaired) electrons. The molecule has 124 valence electrons. The number of hydrogen-bond acceptors (Lipinski definition) is 4. The van der Waals surface area contributed by atoms with Crippen LogP contribution in [0.15, 0.2) is 17.1 Å². The highest BCUT2D eigenvalue weighted by molar-refractivity contribution is 5.77. The number of rotatable bonds is 8. The van der Waals surface area contributed by atoms with Crippen LogP contribution in [0.5, 0.6) is 17.2 Å². The molecule has 0 heterocycles. The van der Waals surface area contributed by atoms with Gasteiger partial charge in [0.05, 0.1) is 27.9 Å². The Morgan fingerprint density at radius 1 is 1.14 bits per heavy atom. The van der Waals surface area contributed by atoms with Gasteiger partial charge >= 0.3 is 0 Å². The van der Waals surface area contributed by atoms with E-state index in [1.807, 2.05) is 12.1 Å². The van der Waals surface area contributed by atoms with Crippen LogP contribution in [0.1, 0.15) is 25.8 Å². The first-order valence-corrected chi connectivity index (χ1v) is 7.34. The molecule has 1 aromatic rings. The summed E-state index contributed by atoms with van der Waals surface area (Å²) < 4.78 is 15.9. The average Bonchev–Trinajstić information content (AvgIpc) is 2.51. The molecule has 22 heavy (non-hydrogen) atoms. The van der Waals surface area contributed by atoms with Crippen molar-refractivity contribution in [1.29, 1.82) is 0 Å². The van der Waals surface area contributed by atoms with Gasteiger partial charge in [0.25, 0.3) is 0 Å². The summed E-state index contributed by atoms with van der Waals surface area (Å²) in [4.78, 5) is 4.33. The number of nitrogens with one attached hydrogen (secondary N) is 1. The van der Waals surface area contributed by atoms with Crippen LogP contribution in [0.2, 0.25) is 0 Å². The van der Waals surface area contributed by atoms with Crippen molar-refractivity contribution < 1.29 is 14.2 Å². The van der Waals surface area contributed by atoms with E-state index in [4.69, 9.17) is 19.9 Å². The van der Waals surface area contributed by atoms with Gasteiger partial charge in [-0.3, -0.25) is 0 Å². The Hall–Kier alpha value is -2.11. The second-order valence-electron chi connectivity index (χ2n) is 5.34. The molecule has 0 aromatic heterocycles. The second kappa shape index (κ2) is 9.02. The fraction of sp³-hybridized carbons (Fsp3) is 0.562. The van der Waals surface area contributed by atoms with E-state index >= 15 is 0 Å². The van der Waals surface area contributed by atoms with Crippen LogP contribution >= 0.6 is 0 Å². The highest BCUT2D eigenvalue weighted by Gasteiger charge is 2.12.